The summed E-state index contributed by atoms with van der Waals surface area (Å²) in [6.45, 7) is 0. The van der Waals surface area contributed by atoms with Crippen molar-refractivity contribution in [2.75, 3.05) is 0 Å². The first-order valence-electron chi connectivity index (χ1n) is 2.68. The monoisotopic (exact) mass is 189 g/mol. The Hall–Kier alpha value is -0.940. The summed E-state index contributed by atoms with van der Waals surface area (Å²) in [6, 6.07) is 1.54. The standard InChI is InChI=1S/C4HCl2N5/c5-3-1-2-4(9-8-3)11(6)10-7-2/h1H. The smallest absolute Gasteiger partial charge is 0.136 e. The van der Waals surface area contributed by atoms with Crippen molar-refractivity contribution < 1.29 is 0 Å². The van der Waals surface area contributed by atoms with E-state index in [1.165, 1.54) is 6.07 Å². The van der Waals surface area contributed by atoms with Crippen molar-refractivity contribution in [2.45, 2.75) is 0 Å². The van der Waals surface area contributed by atoms with E-state index in [1.54, 1.807) is 0 Å². The van der Waals surface area contributed by atoms with Gasteiger partial charge in [0.2, 0.25) is 5.65 Å². The van der Waals surface area contributed by atoms with Gasteiger partial charge in [0, 0.05) is 17.8 Å². The van der Waals surface area contributed by atoms with Gasteiger partial charge in [0.15, 0.2) is 5.15 Å². The quantitative estimate of drug-likeness (QED) is 0.618. The van der Waals surface area contributed by atoms with Crippen LogP contribution in [0.2, 0.25) is 5.15 Å². The largest absolute Gasteiger partial charge is 0.218 e. The van der Waals surface area contributed by atoms with Crippen molar-refractivity contribution in [1.82, 2.24) is 24.7 Å². The lowest BCUT2D eigenvalue weighted by atomic mass is 10.5. The molecule has 0 aliphatic rings. The van der Waals surface area contributed by atoms with Gasteiger partial charge in [-0.3, -0.25) is 0 Å². The number of hydrogen-bond donors (Lipinski definition) is 0. The van der Waals surface area contributed by atoms with Gasteiger partial charge in [-0.25, -0.2) is 0 Å². The van der Waals surface area contributed by atoms with Gasteiger partial charge < -0.3 is 0 Å². The predicted molar refractivity (Wildman–Crippen MR) is 39.4 cm³/mol. The lowest BCUT2D eigenvalue weighted by molar-refractivity contribution is 0.886. The fraction of sp³-hybridized carbons (Fsp3) is 0. The Labute approximate surface area is 71.0 Å². The van der Waals surface area contributed by atoms with Crippen LogP contribution in [0.25, 0.3) is 11.2 Å². The number of hydrogen-bond acceptors (Lipinski definition) is 4. The molecule has 0 atom stereocenters. The topological polar surface area (TPSA) is 56.5 Å². The summed E-state index contributed by atoms with van der Waals surface area (Å²) in [6.07, 6.45) is 0. The highest BCUT2D eigenvalue weighted by molar-refractivity contribution is 6.29. The molecule has 0 radical (unpaired) electrons. The van der Waals surface area contributed by atoms with Gasteiger partial charge in [0.05, 0.1) is 0 Å². The van der Waals surface area contributed by atoms with Crippen LogP contribution >= 0.6 is 23.4 Å². The van der Waals surface area contributed by atoms with Crippen molar-refractivity contribution in [1.29, 1.82) is 0 Å². The molecule has 0 fully saturated rings. The maximum atomic E-state index is 5.53. The van der Waals surface area contributed by atoms with E-state index in [-0.39, 0.29) is 5.15 Å². The highest BCUT2D eigenvalue weighted by atomic mass is 35.5. The zero-order valence-electron chi connectivity index (χ0n) is 5.07. The Morgan fingerprint density at radius 3 is 2.91 bits per heavy atom. The maximum Gasteiger partial charge on any atom is 0.218 e. The van der Waals surface area contributed by atoms with Crippen molar-refractivity contribution in [3.05, 3.63) is 11.2 Å². The number of fused-ring (bicyclic) bond motifs is 1. The summed E-state index contributed by atoms with van der Waals surface area (Å²) >= 11 is 11.1. The molecular formula is C4HCl2N5. The average Bonchev–Trinajstić information content (AvgIpc) is 2.32. The third-order valence-electron chi connectivity index (χ3n) is 1.13. The van der Waals surface area contributed by atoms with Crippen LogP contribution in [-0.4, -0.2) is 24.7 Å². The van der Waals surface area contributed by atoms with Crippen molar-refractivity contribution in [2.24, 2.45) is 0 Å². The lowest BCUT2D eigenvalue weighted by Gasteiger charge is -1.86. The molecule has 5 nitrogen and oxygen atoms in total. The Morgan fingerprint density at radius 1 is 1.27 bits per heavy atom. The van der Waals surface area contributed by atoms with Crippen LogP contribution in [0.15, 0.2) is 6.07 Å². The second-order valence-corrected chi connectivity index (χ2v) is 2.53. The number of halogens is 2. The van der Waals surface area contributed by atoms with Crippen LogP contribution < -0.4 is 0 Å². The first kappa shape index (κ1) is 6.75. The summed E-state index contributed by atoms with van der Waals surface area (Å²) in [5.41, 5.74) is 0.927. The SMILES string of the molecule is Clc1cc2nnn(Cl)c2nn1. The minimum absolute atomic E-state index is 0.273. The first-order valence-corrected chi connectivity index (χ1v) is 3.40. The lowest BCUT2D eigenvalue weighted by Crippen LogP contribution is -1.87. The van der Waals surface area contributed by atoms with E-state index in [4.69, 9.17) is 23.4 Å². The molecule has 56 valence electrons. The third kappa shape index (κ3) is 1.02. The molecule has 0 aromatic carbocycles. The molecule has 7 heteroatoms. The van der Waals surface area contributed by atoms with Crippen molar-refractivity contribution >= 4 is 34.5 Å². The minimum atomic E-state index is 0.273. The Balaban J connectivity index is 2.86. The second kappa shape index (κ2) is 2.28. The molecule has 0 spiro atoms. The Morgan fingerprint density at radius 2 is 2.09 bits per heavy atom. The zero-order valence-corrected chi connectivity index (χ0v) is 6.58. The van der Waals surface area contributed by atoms with Gasteiger partial charge in [-0.15, -0.1) is 19.5 Å². The summed E-state index contributed by atoms with van der Waals surface area (Å²) in [5.74, 6) is 0. The van der Waals surface area contributed by atoms with Crippen molar-refractivity contribution in [3.8, 4) is 0 Å². The molecule has 0 saturated heterocycles. The van der Waals surface area contributed by atoms with Crippen LogP contribution in [0.5, 0.6) is 0 Å². The molecule has 0 saturated carbocycles. The summed E-state index contributed by atoms with van der Waals surface area (Å²) in [7, 11) is 0. The average molecular weight is 190 g/mol. The summed E-state index contributed by atoms with van der Waals surface area (Å²) < 4.78 is 1.01. The Kier molecular flexibility index (Phi) is 1.40. The van der Waals surface area contributed by atoms with Gasteiger partial charge in [-0.2, -0.15) is 0 Å². The van der Waals surface area contributed by atoms with Crippen LogP contribution in [0, 0.1) is 0 Å². The molecule has 0 bridgehead atoms. The van der Waals surface area contributed by atoms with E-state index < -0.39 is 0 Å². The molecule has 11 heavy (non-hydrogen) atoms. The summed E-state index contributed by atoms with van der Waals surface area (Å²) in [5, 5.41) is 14.7. The molecule has 0 unspecified atom stereocenters. The molecule has 2 heterocycles. The maximum absolute atomic E-state index is 5.53. The van der Waals surface area contributed by atoms with Crippen LogP contribution in [0.3, 0.4) is 0 Å². The molecule has 2 aromatic rings. The first-order chi connectivity index (χ1) is 5.27. The molecule has 2 aromatic heterocycles. The van der Waals surface area contributed by atoms with Gasteiger partial charge >= 0.3 is 0 Å². The minimum Gasteiger partial charge on any atom is -0.136 e. The Bertz CT molecular complexity index is 396. The molecular weight excluding hydrogens is 189 g/mol. The fourth-order valence-corrected chi connectivity index (χ4v) is 0.983. The van der Waals surface area contributed by atoms with Gasteiger partial charge in [-0.05, 0) is 5.21 Å². The summed E-state index contributed by atoms with van der Waals surface area (Å²) in [4.78, 5) is 0. The number of nitrogens with zero attached hydrogens (tertiary/aromatic N) is 5. The van der Waals surface area contributed by atoms with Gasteiger partial charge in [0.1, 0.15) is 5.52 Å². The fourth-order valence-electron chi connectivity index (χ4n) is 0.687. The normalized spacial score (nSPS) is 10.7. The van der Waals surface area contributed by atoms with E-state index in [0.29, 0.717) is 11.2 Å². The zero-order chi connectivity index (χ0) is 7.84. The van der Waals surface area contributed by atoms with Gasteiger partial charge in [0.25, 0.3) is 0 Å². The number of rotatable bonds is 0. The molecule has 0 amide bonds. The van der Waals surface area contributed by atoms with Crippen LogP contribution in [0.1, 0.15) is 0 Å². The molecule has 2 rings (SSSR count). The van der Waals surface area contributed by atoms with E-state index in [9.17, 15) is 0 Å². The van der Waals surface area contributed by atoms with E-state index in [0.717, 1.165) is 4.20 Å². The highest BCUT2D eigenvalue weighted by Crippen LogP contribution is 2.11. The van der Waals surface area contributed by atoms with Crippen LogP contribution in [0.4, 0.5) is 0 Å². The highest BCUT2D eigenvalue weighted by Gasteiger charge is 2.04. The molecule has 0 N–H and O–H groups in total. The molecule has 0 aliphatic carbocycles. The van der Waals surface area contributed by atoms with Crippen LogP contribution in [-0.2, 0) is 0 Å². The van der Waals surface area contributed by atoms with E-state index in [1.807, 2.05) is 0 Å². The third-order valence-corrected chi connectivity index (χ3v) is 1.54. The van der Waals surface area contributed by atoms with Gasteiger partial charge in [-0.1, -0.05) is 11.6 Å². The van der Waals surface area contributed by atoms with Crippen molar-refractivity contribution in [3.63, 3.8) is 0 Å². The second-order valence-electron chi connectivity index (χ2n) is 1.83. The molecule has 0 aliphatic heterocycles. The number of aromatic nitrogens is 5. The van der Waals surface area contributed by atoms with E-state index >= 15 is 0 Å². The predicted octanol–water partition coefficient (Wildman–Crippen LogP) is 0.877. The van der Waals surface area contributed by atoms with E-state index in [2.05, 4.69) is 20.5 Å².